The van der Waals surface area contributed by atoms with Gasteiger partial charge in [-0.1, -0.05) is 25.0 Å². The van der Waals surface area contributed by atoms with Crippen LogP contribution >= 0.6 is 0 Å². The van der Waals surface area contributed by atoms with Crippen molar-refractivity contribution in [2.45, 2.75) is 80.1 Å². The largest absolute Gasteiger partial charge is 0.309 e. The van der Waals surface area contributed by atoms with E-state index in [0.29, 0.717) is 0 Å². The van der Waals surface area contributed by atoms with Gasteiger partial charge in [-0.05, 0) is 74.0 Å². The van der Waals surface area contributed by atoms with Crippen LogP contribution in [0.2, 0.25) is 0 Å². The molecule has 0 atom stereocenters. The standard InChI is InChI=1S/2C6H10.C5H10N2.C5H13N/c1-5-3-4-6(5)2;1-3-5-6-4-2;1-5-3-4-7(2)6-5;1-4-5-6(2)3/h3-4H2,1-2H3;3,5H2,1-2H3;3-4H2,1-2H3;4-5H2,1-3H3. The van der Waals surface area contributed by atoms with Gasteiger partial charge in [0.05, 0.1) is 0 Å². The van der Waals surface area contributed by atoms with Crippen molar-refractivity contribution >= 4 is 5.71 Å². The molecular weight excluding hydrogens is 306 g/mol. The van der Waals surface area contributed by atoms with Crippen LogP contribution in [-0.4, -0.2) is 49.9 Å². The highest BCUT2D eigenvalue weighted by molar-refractivity contribution is 5.82. The molecule has 2 aliphatic rings. The Hall–Kier alpha value is -1.27. The lowest BCUT2D eigenvalue weighted by Gasteiger charge is -2.15. The maximum atomic E-state index is 4.14. The minimum absolute atomic E-state index is 1.05. The highest BCUT2D eigenvalue weighted by Gasteiger charge is 2.05. The predicted octanol–water partition coefficient (Wildman–Crippen LogP) is 5.58. The molecule has 0 saturated heterocycles. The second-order valence-corrected chi connectivity index (χ2v) is 7.01. The summed E-state index contributed by atoms with van der Waals surface area (Å²) >= 11 is 0. The predicted molar refractivity (Wildman–Crippen MR) is 115 cm³/mol. The Morgan fingerprint density at radius 1 is 1.00 bits per heavy atom. The Morgan fingerprint density at radius 3 is 1.64 bits per heavy atom. The molecular formula is C22H43N3. The summed E-state index contributed by atoms with van der Waals surface area (Å²) in [5.74, 6) is 5.77. The van der Waals surface area contributed by atoms with E-state index in [2.05, 4.69) is 70.6 Å². The lowest BCUT2D eigenvalue weighted by molar-refractivity contribution is 0.393. The van der Waals surface area contributed by atoms with Crippen molar-refractivity contribution in [1.82, 2.24) is 9.91 Å². The zero-order valence-corrected chi connectivity index (χ0v) is 18.5. The third-order valence-electron chi connectivity index (χ3n) is 3.96. The van der Waals surface area contributed by atoms with Crippen LogP contribution in [0.5, 0.6) is 0 Å². The number of unbranched alkanes of at least 4 members (excludes halogenated alkanes) is 1. The van der Waals surface area contributed by atoms with E-state index in [-0.39, 0.29) is 0 Å². The monoisotopic (exact) mass is 349 g/mol. The van der Waals surface area contributed by atoms with Crippen molar-refractivity contribution in [2.24, 2.45) is 5.10 Å². The number of nitrogens with zero attached hydrogens (tertiary/aromatic N) is 3. The molecule has 0 unspecified atom stereocenters. The van der Waals surface area contributed by atoms with Gasteiger partial charge < -0.3 is 4.90 Å². The van der Waals surface area contributed by atoms with Crippen LogP contribution in [0.25, 0.3) is 0 Å². The first-order chi connectivity index (χ1) is 11.8. The molecule has 3 nitrogen and oxygen atoms in total. The molecule has 146 valence electrons. The Bertz CT molecular complexity index is 424. The topological polar surface area (TPSA) is 18.8 Å². The Kier molecular flexibility index (Phi) is 18.2. The summed E-state index contributed by atoms with van der Waals surface area (Å²) < 4.78 is 0. The van der Waals surface area contributed by atoms with Crippen LogP contribution in [0.15, 0.2) is 16.2 Å². The summed E-state index contributed by atoms with van der Waals surface area (Å²) in [7, 11) is 6.17. The summed E-state index contributed by atoms with van der Waals surface area (Å²) in [6.45, 7) is 15.0. The lowest BCUT2D eigenvalue weighted by atomic mass is 9.92. The Labute approximate surface area is 158 Å². The Balaban J connectivity index is 0. The second kappa shape index (κ2) is 17.5. The van der Waals surface area contributed by atoms with Crippen molar-refractivity contribution in [1.29, 1.82) is 0 Å². The summed E-state index contributed by atoms with van der Waals surface area (Å²) in [6.07, 6.45) is 7.35. The first-order valence-electron chi connectivity index (χ1n) is 9.73. The number of rotatable bonds is 3. The quantitative estimate of drug-likeness (QED) is 0.489. The highest BCUT2D eigenvalue weighted by Crippen LogP contribution is 2.25. The zero-order valence-electron chi connectivity index (χ0n) is 18.5. The van der Waals surface area contributed by atoms with Crippen LogP contribution in [0.3, 0.4) is 0 Å². The van der Waals surface area contributed by atoms with Crippen LogP contribution in [-0.2, 0) is 0 Å². The van der Waals surface area contributed by atoms with Gasteiger partial charge in [-0.25, -0.2) is 0 Å². The fourth-order valence-electron chi connectivity index (χ4n) is 2.04. The van der Waals surface area contributed by atoms with Crippen LogP contribution in [0.4, 0.5) is 0 Å². The minimum atomic E-state index is 1.05. The second-order valence-electron chi connectivity index (χ2n) is 7.01. The van der Waals surface area contributed by atoms with E-state index in [1.807, 2.05) is 19.0 Å². The van der Waals surface area contributed by atoms with Gasteiger partial charge in [0.1, 0.15) is 0 Å². The van der Waals surface area contributed by atoms with E-state index in [9.17, 15) is 0 Å². The van der Waals surface area contributed by atoms with E-state index >= 15 is 0 Å². The molecule has 0 N–H and O–H groups in total. The molecule has 0 aromatic heterocycles. The Morgan fingerprint density at radius 2 is 1.56 bits per heavy atom. The maximum Gasteiger partial charge on any atom is 0.0409 e. The summed E-state index contributed by atoms with van der Waals surface area (Å²) in [6, 6.07) is 0. The summed E-state index contributed by atoms with van der Waals surface area (Å²) in [4.78, 5) is 2.18. The molecule has 1 heterocycles. The van der Waals surface area contributed by atoms with Crippen LogP contribution in [0, 0.1) is 11.8 Å². The smallest absolute Gasteiger partial charge is 0.0409 e. The van der Waals surface area contributed by atoms with Crippen molar-refractivity contribution in [3.63, 3.8) is 0 Å². The molecule has 25 heavy (non-hydrogen) atoms. The highest BCUT2D eigenvalue weighted by atomic mass is 15.4. The molecule has 0 radical (unpaired) electrons. The van der Waals surface area contributed by atoms with Gasteiger partial charge in [0.2, 0.25) is 0 Å². The van der Waals surface area contributed by atoms with E-state index < -0.39 is 0 Å². The van der Waals surface area contributed by atoms with Gasteiger partial charge in [-0.3, -0.25) is 5.01 Å². The minimum Gasteiger partial charge on any atom is -0.309 e. The molecule has 0 aromatic carbocycles. The van der Waals surface area contributed by atoms with Gasteiger partial charge in [-0.2, -0.15) is 5.10 Å². The fourth-order valence-corrected chi connectivity index (χ4v) is 2.04. The normalized spacial score (nSPS) is 14.6. The number of hydrazone groups is 1. The van der Waals surface area contributed by atoms with Crippen molar-refractivity contribution in [3.8, 4) is 11.8 Å². The van der Waals surface area contributed by atoms with E-state index in [1.165, 1.54) is 37.9 Å². The molecule has 0 fully saturated rings. The van der Waals surface area contributed by atoms with Gasteiger partial charge in [0, 0.05) is 32.1 Å². The third-order valence-corrected chi connectivity index (χ3v) is 3.96. The fraction of sp³-hybridized carbons (Fsp3) is 0.773. The van der Waals surface area contributed by atoms with E-state index in [4.69, 9.17) is 0 Å². The molecule has 0 amide bonds. The van der Waals surface area contributed by atoms with E-state index in [1.54, 1.807) is 11.1 Å². The molecule has 2 rings (SSSR count). The van der Waals surface area contributed by atoms with Gasteiger partial charge >= 0.3 is 0 Å². The average molecular weight is 350 g/mol. The molecule has 0 bridgehead atoms. The first kappa shape index (κ1) is 26.0. The molecule has 1 aliphatic carbocycles. The van der Waals surface area contributed by atoms with Crippen molar-refractivity contribution < 1.29 is 0 Å². The van der Waals surface area contributed by atoms with Gasteiger partial charge in [0.15, 0.2) is 0 Å². The van der Waals surface area contributed by atoms with Crippen molar-refractivity contribution in [3.05, 3.63) is 11.1 Å². The molecule has 1 aliphatic heterocycles. The first-order valence-corrected chi connectivity index (χ1v) is 9.73. The summed E-state index contributed by atoms with van der Waals surface area (Å²) in [5, 5.41) is 6.11. The molecule has 0 saturated carbocycles. The number of allylic oxidation sites excluding steroid dienone is 2. The average Bonchev–Trinajstić information content (AvgIpc) is 2.95. The lowest BCUT2D eigenvalue weighted by Crippen LogP contribution is -2.11. The number of hydrogen-bond donors (Lipinski definition) is 0. The van der Waals surface area contributed by atoms with E-state index in [0.717, 1.165) is 19.4 Å². The molecule has 0 aromatic rings. The zero-order chi connectivity index (χ0) is 19.7. The van der Waals surface area contributed by atoms with Crippen LogP contribution in [0.1, 0.15) is 80.1 Å². The number of hydrogen-bond acceptors (Lipinski definition) is 3. The third kappa shape index (κ3) is 18.9. The molecule has 0 spiro atoms. The van der Waals surface area contributed by atoms with Crippen LogP contribution < -0.4 is 0 Å². The van der Waals surface area contributed by atoms with Gasteiger partial charge in [-0.15, -0.1) is 11.8 Å². The molecule has 3 heteroatoms. The maximum absolute atomic E-state index is 4.14. The summed E-state index contributed by atoms with van der Waals surface area (Å²) in [5.41, 5.74) is 4.47. The SMILES string of the molecule is CC#CCCC.CC1=C(C)CC1.CC1=NN(C)CC1.CCCN(C)C. The van der Waals surface area contributed by atoms with Crippen molar-refractivity contribution in [2.75, 3.05) is 34.2 Å². The van der Waals surface area contributed by atoms with Gasteiger partial charge in [0.25, 0.3) is 0 Å².